The molecule has 0 bridgehead atoms. The van der Waals surface area contributed by atoms with Gasteiger partial charge in [0.05, 0.1) is 12.1 Å². The predicted octanol–water partition coefficient (Wildman–Crippen LogP) is 4.37. The molecule has 9 heteroatoms. The molecule has 3 aromatic rings. The molecule has 2 aromatic heterocycles. The highest BCUT2D eigenvalue weighted by Gasteiger charge is 2.17. The molecule has 0 atom stereocenters. The van der Waals surface area contributed by atoms with E-state index in [0.29, 0.717) is 20.8 Å². The highest BCUT2D eigenvalue weighted by atomic mass is 35.5. The molecule has 25 heavy (non-hydrogen) atoms. The molecule has 0 spiro atoms. The third-order valence-electron chi connectivity index (χ3n) is 3.46. The number of hydrogen-bond donors (Lipinski definition) is 2. The fraction of sp³-hybridized carbons (Fsp3) is 0.188. The number of thiocarbonyl (C=S) groups is 1. The van der Waals surface area contributed by atoms with Crippen LogP contribution in [0, 0.1) is 0 Å². The molecule has 0 saturated carbocycles. The summed E-state index contributed by atoms with van der Waals surface area (Å²) in [6.45, 7) is 2.80. The van der Waals surface area contributed by atoms with Crippen molar-refractivity contribution in [3.8, 4) is 0 Å². The highest BCUT2D eigenvalue weighted by Crippen LogP contribution is 2.37. The molecule has 0 fully saturated rings. The van der Waals surface area contributed by atoms with Crippen LogP contribution in [0.4, 0.5) is 11.5 Å². The number of nitrogens with one attached hydrogen (secondary N) is 2. The molecule has 0 amide bonds. The van der Waals surface area contributed by atoms with Gasteiger partial charge in [-0.1, -0.05) is 11.6 Å². The van der Waals surface area contributed by atoms with E-state index in [0.717, 1.165) is 22.3 Å². The maximum absolute atomic E-state index is 11.7. The summed E-state index contributed by atoms with van der Waals surface area (Å²) in [6.07, 6.45) is 1.87. The Labute approximate surface area is 158 Å². The highest BCUT2D eigenvalue weighted by molar-refractivity contribution is 7.80. The topological polar surface area (TPSA) is 68.2 Å². The fourth-order valence-electron chi connectivity index (χ4n) is 2.25. The van der Waals surface area contributed by atoms with Gasteiger partial charge < -0.3 is 15.4 Å². The van der Waals surface area contributed by atoms with Gasteiger partial charge in [0, 0.05) is 34.6 Å². The molecule has 0 radical (unpaired) electrons. The Morgan fingerprint density at radius 1 is 1.40 bits per heavy atom. The van der Waals surface area contributed by atoms with Crippen molar-refractivity contribution in [2.75, 3.05) is 17.7 Å². The van der Waals surface area contributed by atoms with Gasteiger partial charge >= 0.3 is 5.97 Å². The first kappa shape index (κ1) is 17.7. The summed E-state index contributed by atoms with van der Waals surface area (Å²) in [6, 6.07) is 7.43. The van der Waals surface area contributed by atoms with Crippen molar-refractivity contribution in [3.05, 3.63) is 40.4 Å². The van der Waals surface area contributed by atoms with Gasteiger partial charge in [-0.05, 0) is 37.3 Å². The average molecular weight is 395 g/mol. The molecule has 0 aliphatic heterocycles. The van der Waals surface area contributed by atoms with Crippen molar-refractivity contribution >= 4 is 67.8 Å². The largest absolute Gasteiger partial charge is 0.465 e. The number of esters is 1. The number of carbonyl (C=O) groups excluding carboxylic acids is 1. The van der Waals surface area contributed by atoms with Crippen molar-refractivity contribution in [3.63, 3.8) is 0 Å². The van der Waals surface area contributed by atoms with Gasteiger partial charge in [0.2, 0.25) is 0 Å². The molecule has 3 rings (SSSR count). The van der Waals surface area contributed by atoms with E-state index in [1.54, 1.807) is 4.68 Å². The van der Waals surface area contributed by atoms with E-state index in [2.05, 4.69) is 15.7 Å². The number of nitrogens with zero attached hydrogens (tertiary/aromatic N) is 2. The van der Waals surface area contributed by atoms with E-state index in [1.807, 2.05) is 37.4 Å². The number of aryl methyl sites for hydroxylation is 1. The van der Waals surface area contributed by atoms with Crippen LogP contribution in [0.2, 0.25) is 5.02 Å². The summed E-state index contributed by atoms with van der Waals surface area (Å²) >= 11 is 12.8. The standard InChI is InChI=1S/C16H15ClN4O2S2/c1-3-21-7-6-12(20-21)19-16(24)18-9-4-5-10-11(8-9)25-14(13(10)17)15(22)23-2/h4-8H,3H2,1-2H3,(H2,18,19,20,24). The van der Waals surface area contributed by atoms with Gasteiger partial charge in [-0.15, -0.1) is 11.3 Å². The number of carbonyl (C=O) groups is 1. The third kappa shape index (κ3) is 3.76. The number of hydrogen-bond acceptors (Lipinski definition) is 5. The monoisotopic (exact) mass is 394 g/mol. The van der Waals surface area contributed by atoms with Crippen LogP contribution in [0.15, 0.2) is 30.5 Å². The number of rotatable bonds is 4. The summed E-state index contributed by atoms with van der Waals surface area (Å²) in [5, 5.41) is 12.1. The summed E-state index contributed by atoms with van der Waals surface area (Å²) < 4.78 is 7.42. The van der Waals surface area contributed by atoms with Crippen LogP contribution < -0.4 is 10.6 Å². The fourth-order valence-corrected chi connectivity index (χ4v) is 3.94. The van der Waals surface area contributed by atoms with E-state index in [9.17, 15) is 4.79 Å². The SMILES string of the molecule is CCn1ccc(NC(=S)Nc2ccc3c(Cl)c(C(=O)OC)sc3c2)n1. The van der Waals surface area contributed by atoms with Crippen LogP contribution in [-0.4, -0.2) is 28.0 Å². The lowest BCUT2D eigenvalue weighted by Crippen LogP contribution is -2.19. The molecule has 0 aliphatic rings. The lowest BCUT2D eigenvalue weighted by atomic mass is 10.2. The minimum absolute atomic E-state index is 0.391. The summed E-state index contributed by atoms with van der Waals surface area (Å²) in [7, 11) is 1.33. The molecule has 0 aliphatic carbocycles. The summed E-state index contributed by atoms with van der Waals surface area (Å²) in [5.41, 5.74) is 0.786. The van der Waals surface area contributed by atoms with Crippen LogP contribution in [0.3, 0.4) is 0 Å². The van der Waals surface area contributed by atoms with Crippen LogP contribution in [-0.2, 0) is 11.3 Å². The smallest absolute Gasteiger partial charge is 0.349 e. The van der Waals surface area contributed by atoms with Crippen molar-refractivity contribution < 1.29 is 9.53 Å². The molecule has 1 aromatic carbocycles. The van der Waals surface area contributed by atoms with Crippen molar-refractivity contribution in [2.24, 2.45) is 0 Å². The van der Waals surface area contributed by atoms with Gasteiger partial charge in [-0.3, -0.25) is 4.68 Å². The zero-order valence-electron chi connectivity index (χ0n) is 13.5. The average Bonchev–Trinajstić information content (AvgIpc) is 3.18. The predicted molar refractivity (Wildman–Crippen MR) is 106 cm³/mol. The van der Waals surface area contributed by atoms with E-state index in [-0.39, 0.29) is 0 Å². The number of benzene rings is 1. The quantitative estimate of drug-likeness (QED) is 0.506. The molecule has 2 N–H and O–H groups in total. The first-order valence-electron chi connectivity index (χ1n) is 7.43. The second-order valence-electron chi connectivity index (χ2n) is 5.08. The van der Waals surface area contributed by atoms with Gasteiger partial charge in [-0.2, -0.15) is 5.10 Å². The third-order valence-corrected chi connectivity index (χ3v) is 5.31. The Hall–Kier alpha value is -2.16. The Morgan fingerprint density at radius 3 is 2.88 bits per heavy atom. The molecular weight excluding hydrogens is 380 g/mol. The Kier molecular flexibility index (Phi) is 5.22. The van der Waals surface area contributed by atoms with Crippen LogP contribution in [0.5, 0.6) is 0 Å². The Morgan fingerprint density at radius 2 is 2.20 bits per heavy atom. The number of ether oxygens (including phenoxy) is 1. The number of methoxy groups -OCH3 is 1. The van der Waals surface area contributed by atoms with Crippen molar-refractivity contribution in [1.29, 1.82) is 0 Å². The molecule has 130 valence electrons. The lowest BCUT2D eigenvalue weighted by Gasteiger charge is -2.08. The first-order chi connectivity index (χ1) is 12.0. The molecule has 2 heterocycles. The second-order valence-corrected chi connectivity index (χ2v) is 6.92. The van der Waals surface area contributed by atoms with E-state index >= 15 is 0 Å². The normalized spacial score (nSPS) is 10.7. The van der Waals surface area contributed by atoms with Crippen LogP contribution in [0.1, 0.15) is 16.6 Å². The number of fused-ring (bicyclic) bond motifs is 1. The number of anilines is 2. The maximum Gasteiger partial charge on any atom is 0.349 e. The first-order valence-corrected chi connectivity index (χ1v) is 9.04. The van der Waals surface area contributed by atoms with Gasteiger partial charge in [-0.25, -0.2) is 4.79 Å². The summed E-state index contributed by atoms with van der Waals surface area (Å²) in [4.78, 5) is 12.1. The Balaban J connectivity index is 1.77. The van der Waals surface area contributed by atoms with Gasteiger partial charge in [0.15, 0.2) is 10.9 Å². The number of aromatic nitrogens is 2. The van der Waals surface area contributed by atoms with E-state index in [1.165, 1.54) is 18.4 Å². The van der Waals surface area contributed by atoms with Gasteiger partial charge in [0.1, 0.15) is 4.88 Å². The van der Waals surface area contributed by atoms with Crippen LogP contribution >= 0.6 is 35.2 Å². The molecule has 6 nitrogen and oxygen atoms in total. The van der Waals surface area contributed by atoms with Crippen molar-refractivity contribution in [2.45, 2.75) is 13.5 Å². The Bertz CT molecular complexity index is 951. The van der Waals surface area contributed by atoms with Gasteiger partial charge in [0.25, 0.3) is 0 Å². The minimum Gasteiger partial charge on any atom is -0.465 e. The molecule has 0 saturated heterocycles. The zero-order valence-corrected chi connectivity index (χ0v) is 15.9. The van der Waals surface area contributed by atoms with E-state index < -0.39 is 5.97 Å². The van der Waals surface area contributed by atoms with Crippen LogP contribution in [0.25, 0.3) is 10.1 Å². The maximum atomic E-state index is 11.7. The van der Waals surface area contributed by atoms with Crippen molar-refractivity contribution in [1.82, 2.24) is 9.78 Å². The van der Waals surface area contributed by atoms with E-state index in [4.69, 9.17) is 28.6 Å². The number of thiophene rings is 1. The number of halogens is 1. The lowest BCUT2D eigenvalue weighted by molar-refractivity contribution is 0.0606. The molecule has 0 unspecified atom stereocenters. The zero-order chi connectivity index (χ0) is 18.0. The minimum atomic E-state index is -0.440. The summed E-state index contributed by atoms with van der Waals surface area (Å²) in [5.74, 6) is 0.233. The molecular formula is C16H15ClN4O2S2. The second kappa shape index (κ2) is 7.38.